The van der Waals surface area contributed by atoms with Gasteiger partial charge in [0.05, 0.1) is 5.75 Å². The van der Waals surface area contributed by atoms with Crippen LogP contribution in [-0.4, -0.2) is 46.5 Å². The first kappa shape index (κ1) is 21.8. The molecule has 0 aromatic heterocycles. The standard InChI is InChI=1S/C21H28N2O4S/c1-4-5-13-23(2)19-11-9-17(10-12-19)21(24)22-18-7-6-8-20(16-18)27-14-15-28(3,25)26/h6-12,16H,4-5,13-15H2,1-3H3,(H,22,24). The van der Waals surface area contributed by atoms with Crippen molar-refractivity contribution in [1.29, 1.82) is 0 Å². The van der Waals surface area contributed by atoms with E-state index in [-0.39, 0.29) is 18.3 Å². The minimum atomic E-state index is -3.07. The molecule has 0 atom stereocenters. The molecule has 28 heavy (non-hydrogen) atoms. The predicted molar refractivity (Wildman–Crippen MR) is 114 cm³/mol. The zero-order chi connectivity index (χ0) is 20.6. The van der Waals surface area contributed by atoms with E-state index in [2.05, 4.69) is 17.1 Å². The van der Waals surface area contributed by atoms with E-state index >= 15 is 0 Å². The number of anilines is 2. The quantitative estimate of drug-likeness (QED) is 0.655. The highest BCUT2D eigenvalue weighted by molar-refractivity contribution is 7.90. The zero-order valence-electron chi connectivity index (χ0n) is 16.6. The molecule has 152 valence electrons. The number of nitrogens with zero attached hydrogens (tertiary/aromatic N) is 1. The lowest BCUT2D eigenvalue weighted by atomic mass is 10.1. The summed E-state index contributed by atoms with van der Waals surface area (Å²) in [6.45, 7) is 3.21. The van der Waals surface area contributed by atoms with Crippen LogP contribution in [0.3, 0.4) is 0 Å². The lowest BCUT2D eigenvalue weighted by Crippen LogP contribution is -2.18. The fourth-order valence-corrected chi connectivity index (χ4v) is 2.96. The highest BCUT2D eigenvalue weighted by Crippen LogP contribution is 2.19. The molecule has 2 aromatic carbocycles. The Kier molecular flexibility index (Phi) is 7.87. The van der Waals surface area contributed by atoms with Gasteiger partial charge in [-0.15, -0.1) is 0 Å². The van der Waals surface area contributed by atoms with E-state index in [0.717, 1.165) is 25.1 Å². The Morgan fingerprint density at radius 2 is 1.86 bits per heavy atom. The lowest BCUT2D eigenvalue weighted by Gasteiger charge is -2.19. The molecule has 7 heteroatoms. The summed E-state index contributed by atoms with van der Waals surface area (Å²) in [5.74, 6) is 0.244. The number of unbranched alkanes of at least 4 members (excludes halogenated alkanes) is 1. The van der Waals surface area contributed by atoms with Crippen molar-refractivity contribution >= 4 is 27.1 Å². The number of nitrogens with one attached hydrogen (secondary N) is 1. The van der Waals surface area contributed by atoms with Crippen LogP contribution in [0.25, 0.3) is 0 Å². The molecule has 1 N–H and O–H groups in total. The molecule has 0 bridgehead atoms. The van der Waals surface area contributed by atoms with Gasteiger partial charge < -0.3 is 15.0 Å². The summed E-state index contributed by atoms with van der Waals surface area (Å²) in [4.78, 5) is 14.6. The highest BCUT2D eigenvalue weighted by atomic mass is 32.2. The Labute approximate surface area is 167 Å². The molecular weight excluding hydrogens is 376 g/mol. The van der Waals surface area contributed by atoms with E-state index in [1.54, 1.807) is 36.4 Å². The summed E-state index contributed by atoms with van der Waals surface area (Å²) in [6.07, 6.45) is 3.43. The molecule has 2 rings (SSSR count). The minimum Gasteiger partial charge on any atom is -0.492 e. The summed E-state index contributed by atoms with van der Waals surface area (Å²) < 4.78 is 27.8. The molecule has 0 aliphatic heterocycles. The van der Waals surface area contributed by atoms with E-state index in [0.29, 0.717) is 17.0 Å². The first-order valence-electron chi connectivity index (χ1n) is 9.31. The average molecular weight is 405 g/mol. The Hall–Kier alpha value is -2.54. The van der Waals surface area contributed by atoms with Crippen molar-refractivity contribution in [1.82, 2.24) is 0 Å². The first-order valence-corrected chi connectivity index (χ1v) is 11.4. The molecule has 6 nitrogen and oxygen atoms in total. The number of rotatable bonds is 10. The number of sulfone groups is 1. The molecule has 1 amide bonds. The summed E-state index contributed by atoms with van der Waals surface area (Å²) in [7, 11) is -1.03. The Bertz CT molecular complexity index is 880. The molecule has 0 fully saturated rings. The largest absolute Gasteiger partial charge is 0.492 e. The fourth-order valence-electron chi connectivity index (χ4n) is 2.57. The molecule has 0 unspecified atom stereocenters. The van der Waals surface area contributed by atoms with Crippen molar-refractivity contribution in [2.24, 2.45) is 0 Å². The second-order valence-corrected chi connectivity index (χ2v) is 9.04. The summed E-state index contributed by atoms with van der Waals surface area (Å²) in [5.41, 5.74) is 2.23. The molecule has 2 aromatic rings. The number of amides is 1. The van der Waals surface area contributed by atoms with Crippen LogP contribution in [0.1, 0.15) is 30.1 Å². The third kappa shape index (κ3) is 7.23. The smallest absolute Gasteiger partial charge is 0.255 e. The van der Waals surface area contributed by atoms with E-state index in [4.69, 9.17) is 4.74 Å². The van der Waals surface area contributed by atoms with Gasteiger partial charge in [0.25, 0.3) is 5.91 Å². The second-order valence-electron chi connectivity index (χ2n) is 6.78. The topological polar surface area (TPSA) is 75.7 Å². The number of benzene rings is 2. The van der Waals surface area contributed by atoms with Gasteiger partial charge in [-0.05, 0) is 42.8 Å². The van der Waals surface area contributed by atoms with Crippen LogP contribution >= 0.6 is 0 Å². The minimum absolute atomic E-state index is 0.0529. The SMILES string of the molecule is CCCCN(C)c1ccc(C(=O)Nc2cccc(OCCS(C)(=O)=O)c2)cc1. The van der Waals surface area contributed by atoms with Gasteiger partial charge in [-0.25, -0.2) is 8.42 Å². The van der Waals surface area contributed by atoms with Crippen molar-refractivity contribution in [2.45, 2.75) is 19.8 Å². The van der Waals surface area contributed by atoms with Gasteiger partial charge in [0, 0.05) is 42.9 Å². The Morgan fingerprint density at radius 1 is 1.14 bits per heavy atom. The van der Waals surface area contributed by atoms with Gasteiger partial charge in [-0.1, -0.05) is 19.4 Å². The fraction of sp³-hybridized carbons (Fsp3) is 0.381. The third-order valence-electron chi connectivity index (χ3n) is 4.23. The molecule has 0 aliphatic rings. The first-order chi connectivity index (χ1) is 13.3. The van der Waals surface area contributed by atoms with Crippen molar-refractivity contribution in [3.63, 3.8) is 0 Å². The van der Waals surface area contributed by atoms with Crippen LogP contribution in [0, 0.1) is 0 Å². The molecule has 0 saturated heterocycles. The van der Waals surface area contributed by atoms with Gasteiger partial charge in [-0.2, -0.15) is 0 Å². The summed E-state index contributed by atoms with van der Waals surface area (Å²) in [5, 5.41) is 2.84. The van der Waals surface area contributed by atoms with E-state index in [9.17, 15) is 13.2 Å². The maximum atomic E-state index is 12.5. The maximum Gasteiger partial charge on any atom is 0.255 e. The number of carbonyl (C=O) groups is 1. The zero-order valence-corrected chi connectivity index (χ0v) is 17.5. The number of ether oxygens (including phenoxy) is 1. The predicted octanol–water partition coefficient (Wildman–Crippen LogP) is 3.60. The van der Waals surface area contributed by atoms with Crippen LogP contribution in [0.2, 0.25) is 0 Å². The molecular formula is C21H28N2O4S. The summed E-state index contributed by atoms with van der Waals surface area (Å²) >= 11 is 0. The second kappa shape index (κ2) is 10.1. The molecule has 0 radical (unpaired) electrons. The van der Waals surface area contributed by atoms with Crippen molar-refractivity contribution < 1.29 is 17.9 Å². The number of carbonyl (C=O) groups excluding carboxylic acids is 1. The van der Waals surface area contributed by atoms with Gasteiger partial charge in [-0.3, -0.25) is 4.79 Å². The van der Waals surface area contributed by atoms with Crippen LogP contribution < -0.4 is 15.0 Å². The van der Waals surface area contributed by atoms with Gasteiger partial charge in [0.15, 0.2) is 9.84 Å². The van der Waals surface area contributed by atoms with Crippen LogP contribution in [0.4, 0.5) is 11.4 Å². The average Bonchev–Trinajstić information content (AvgIpc) is 2.65. The van der Waals surface area contributed by atoms with Crippen LogP contribution in [0.15, 0.2) is 48.5 Å². The van der Waals surface area contributed by atoms with Gasteiger partial charge in [0.1, 0.15) is 12.4 Å². The Morgan fingerprint density at radius 3 is 2.50 bits per heavy atom. The van der Waals surface area contributed by atoms with Crippen molar-refractivity contribution in [2.75, 3.05) is 42.4 Å². The molecule has 0 spiro atoms. The highest BCUT2D eigenvalue weighted by Gasteiger charge is 2.09. The van der Waals surface area contributed by atoms with Gasteiger partial charge in [0.2, 0.25) is 0 Å². The van der Waals surface area contributed by atoms with Gasteiger partial charge >= 0.3 is 0 Å². The molecule has 0 aliphatic carbocycles. The number of hydrogen-bond donors (Lipinski definition) is 1. The lowest BCUT2D eigenvalue weighted by molar-refractivity contribution is 0.102. The third-order valence-corrected chi connectivity index (χ3v) is 5.14. The molecule has 0 heterocycles. The maximum absolute atomic E-state index is 12.5. The summed E-state index contributed by atoms with van der Waals surface area (Å²) in [6, 6.07) is 14.4. The van der Waals surface area contributed by atoms with Crippen LogP contribution in [-0.2, 0) is 9.84 Å². The Balaban J connectivity index is 1.96. The van der Waals surface area contributed by atoms with E-state index < -0.39 is 9.84 Å². The normalized spacial score (nSPS) is 11.1. The van der Waals surface area contributed by atoms with Crippen LogP contribution in [0.5, 0.6) is 5.75 Å². The molecule has 0 saturated carbocycles. The van der Waals surface area contributed by atoms with Crippen molar-refractivity contribution in [3.8, 4) is 5.75 Å². The van der Waals surface area contributed by atoms with E-state index in [1.807, 2.05) is 19.2 Å². The van der Waals surface area contributed by atoms with Crippen molar-refractivity contribution in [3.05, 3.63) is 54.1 Å². The monoisotopic (exact) mass is 404 g/mol. The number of hydrogen-bond acceptors (Lipinski definition) is 5. The van der Waals surface area contributed by atoms with E-state index in [1.165, 1.54) is 6.26 Å².